The third-order valence-corrected chi connectivity index (χ3v) is 10.4. The fourth-order valence-electron chi connectivity index (χ4n) is 7.65. The topological polar surface area (TPSA) is 59.5 Å². The van der Waals surface area contributed by atoms with Crippen LogP contribution in [0.5, 0.6) is 0 Å². The van der Waals surface area contributed by atoms with Crippen LogP contribution in [0.15, 0.2) is 179 Å². The van der Waals surface area contributed by atoms with Crippen LogP contribution in [0.1, 0.15) is 44.1 Å². The van der Waals surface area contributed by atoms with E-state index in [-0.39, 0.29) is 18.7 Å². The molecular formula is C50H32F6N2O3. The van der Waals surface area contributed by atoms with Gasteiger partial charge in [0.05, 0.1) is 23.0 Å². The van der Waals surface area contributed by atoms with Crippen molar-refractivity contribution in [1.82, 2.24) is 4.98 Å². The Balaban J connectivity index is 1.04. The predicted molar refractivity (Wildman–Crippen MR) is 223 cm³/mol. The first-order chi connectivity index (χ1) is 29.4. The summed E-state index contributed by atoms with van der Waals surface area (Å²) in [5.74, 6) is 0.666. The highest BCUT2D eigenvalue weighted by Crippen LogP contribution is 2.38. The number of aromatic nitrogens is 1. The van der Waals surface area contributed by atoms with Gasteiger partial charge in [-0.3, -0.25) is 14.7 Å². The minimum atomic E-state index is -4.46. The van der Waals surface area contributed by atoms with E-state index < -0.39 is 23.5 Å². The number of nitrogens with zero attached hydrogens (tertiary/aromatic N) is 2. The summed E-state index contributed by atoms with van der Waals surface area (Å²) in [5.41, 5.74) is 5.15. The summed E-state index contributed by atoms with van der Waals surface area (Å²) in [7, 11) is 0. The molecule has 11 heteroatoms. The molecule has 0 bridgehead atoms. The molecule has 0 N–H and O–H groups in total. The largest absolute Gasteiger partial charge is 0.461 e. The molecule has 0 spiro atoms. The Kier molecular flexibility index (Phi) is 10.0. The number of pyridine rings is 1. The Morgan fingerprint density at radius 2 is 1.03 bits per heavy atom. The van der Waals surface area contributed by atoms with Crippen molar-refractivity contribution in [2.24, 2.45) is 0 Å². The molecule has 6 aromatic carbocycles. The number of anilines is 2. The Hall–Kier alpha value is -7.40. The molecule has 0 saturated heterocycles. The molecule has 0 saturated carbocycles. The molecule has 0 aliphatic carbocycles. The van der Waals surface area contributed by atoms with Crippen LogP contribution in [0.4, 0.5) is 37.7 Å². The van der Waals surface area contributed by atoms with Gasteiger partial charge < -0.3 is 8.83 Å². The van der Waals surface area contributed by atoms with Crippen LogP contribution in [-0.2, 0) is 25.2 Å². The van der Waals surface area contributed by atoms with Crippen LogP contribution in [0.25, 0.3) is 44.2 Å². The molecule has 5 nitrogen and oxygen atoms in total. The van der Waals surface area contributed by atoms with Crippen LogP contribution in [0, 0.1) is 0 Å². The molecule has 9 rings (SSSR count). The van der Waals surface area contributed by atoms with E-state index in [2.05, 4.69) is 4.98 Å². The zero-order valence-corrected chi connectivity index (χ0v) is 32.0. The number of benzene rings is 6. The number of carbonyl (C=O) groups excluding carboxylic acids is 1. The van der Waals surface area contributed by atoms with Crippen molar-refractivity contribution in [2.75, 3.05) is 4.90 Å². The first-order valence-electron chi connectivity index (χ1n) is 19.2. The van der Waals surface area contributed by atoms with Crippen molar-refractivity contribution in [3.05, 3.63) is 209 Å². The summed E-state index contributed by atoms with van der Waals surface area (Å²) < 4.78 is 92.7. The summed E-state index contributed by atoms with van der Waals surface area (Å²) in [4.78, 5) is 20.6. The van der Waals surface area contributed by atoms with E-state index in [1.807, 2.05) is 66.7 Å². The molecule has 3 aromatic heterocycles. The third-order valence-electron chi connectivity index (χ3n) is 10.4. The highest BCUT2D eigenvalue weighted by atomic mass is 19.4. The lowest BCUT2D eigenvalue weighted by atomic mass is 9.98. The molecule has 0 aliphatic heterocycles. The van der Waals surface area contributed by atoms with Gasteiger partial charge in [-0.05, 0) is 106 Å². The van der Waals surface area contributed by atoms with Gasteiger partial charge in [-0.2, -0.15) is 26.3 Å². The number of hydrogen-bond acceptors (Lipinski definition) is 4. The minimum absolute atomic E-state index is 0.159. The van der Waals surface area contributed by atoms with Gasteiger partial charge in [0.1, 0.15) is 22.7 Å². The molecule has 0 aliphatic rings. The molecule has 0 fully saturated rings. The predicted octanol–water partition coefficient (Wildman–Crippen LogP) is 14.1. The number of alkyl halides is 6. The van der Waals surface area contributed by atoms with E-state index >= 15 is 0 Å². The Labute approximate surface area is 345 Å². The average Bonchev–Trinajstić information content (AvgIpc) is 3.87. The smallest absolute Gasteiger partial charge is 0.416 e. The number of halogens is 6. The molecule has 9 aromatic rings. The third kappa shape index (κ3) is 8.14. The van der Waals surface area contributed by atoms with Crippen LogP contribution < -0.4 is 4.90 Å². The minimum Gasteiger partial charge on any atom is -0.461 e. The van der Waals surface area contributed by atoms with Crippen LogP contribution in [0.3, 0.4) is 0 Å². The molecule has 0 radical (unpaired) electrons. The van der Waals surface area contributed by atoms with Crippen molar-refractivity contribution in [2.45, 2.75) is 25.2 Å². The second kappa shape index (κ2) is 15.6. The quantitative estimate of drug-likeness (QED) is 0.136. The second-order valence-electron chi connectivity index (χ2n) is 14.6. The number of amides is 1. The highest BCUT2D eigenvalue weighted by Gasteiger charge is 2.31. The lowest BCUT2D eigenvalue weighted by molar-refractivity contribution is -0.138. The summed E-state index contributed by atoms with van der Waals surface area (Å²) in [6, 6.07) is 43.3. The number of rotatable bonds is 9. The molecule has 1 amide bonds. The van der Waals surface area contributed by atoms with Crippen LogP contribution >= 0.6 is 0 Å². The first-order valence-corrected chi connectivity index (χ1v) is 19.2. The van der Waals surface area contributed by atoms with Crippen LogP contribution in [0.2, 0.25) is 0 Å². The average molecular weight is 823 g/mol. The lowest BCUT2D eigenvalue weighted by Crippen LogP contribution is -2.26. The van der Waals surface area contributed by atoms with Crippen LogP contribution in [-0.4, -0.2) is 10.9 Å². The van der Waals surface area contributed by atoms with Crippen molar-refractivity contribution in [3.63, 3.8) is 0 Å². The number of fused-ring (bicyclic) bond motifs is 2. The normalized spacial score (nSPS) is 12.0. The maximum Gasteiger partial charge on any atom is 0.416 e. The van der Waals surface area contributed by atoms with Gasteiger partial charge in [-0.25, -0.2) is 0 Å². The Morgan fingerprint density at radius 3 is 1.57 bits per heavy atom. The van der Waals surface area contributed by atoms with E-state index in [4.69, 9.17) is 8.83 Å². The second-order valence-corrected chi connectivity index (χ2v) is 14.6. The van der Waals surface area contributed by atoms with Gasteiger partial charge >= 0.3 is 12.4 Å². The molecule has 302 valence electrons. The molecule has 61 heavy (non-hydrogen) atoms. The highest BCUT2D eigenvalue weighted by molar-refractivity contribution is 6.12. The molecule has 0 atom stereocenters. The maximum absolute atomic E-state index is 14.7. The van der Waals surface area contributed by atoms with Crippen molar-refractivity contribution < 1.29 is 40.0 Å². The zero-order valence-electron chi connectivity index (χ0n) is 32.0. The fraction of sp³-hybridized carbons (Fsp3) is 0.0800. The van der Waals surface area contributed by atoms with Gasteiger partial charge in [-0.15, -0.1) is 0 Å². The number of hydrogen-bond donors (Lipinski definition) is 0. The summed E-state index contributed by atoms with van der Waals surface area (Å²) in [5, 5.41) is 1.51. The van der Waals surface area contributed by atoms with Gasteiger partial charge in [0.15, 0.2) is 0 Å². The maximum atomic E-state index is 14.7. The summed E-state index contributed by atoms with van der Waals surface area (Å²) in [6.07, 6.45) is -5.38. The summed E-state index contributed by atoms with van der Waals surface area (Å²) in [6.45, 7) is 0. The molecule has 3 heterocycles. The van der Waals surface area contributed by atoms with Gasteiger partial charge in [-0.1, -0.05) is 84.9 Å². The SMILES string of the molecule is O=C(c1cccc(-c2cccc3oc(Cc4cccc(C(F)(F)F)c4)cc23)c1)N(c1cccnc1)c1cccc(-c2cccc3oc(Cc4cccc(C(F)(F)F)c4)cc23)c1. The van der Waals surface area contributed by atoms with Gasteiger partial charge in [0, 0.05) is 41.1 Å². The van der Waals surface area contributed by atoms with Crippen molar-refractivity contribution in [3.8, 4) is 22.3 Å². The van der Waals surface area contributed by atoms with E-state index in [9.17, 15) is 31.1 Å². The Bertz CT molecular complexity index is 3060. The number of furan rings is 2. The van der Waals surface area contributed by atoms with E-state index in [0.717, 1.165) is 57.3 Å². The Morgan fingerprint density at radius 1 is 0.525 bits per heavy atom. The standard InChI is InChI=1S/C50H32F6N2O3/c51-49(52,53)36-13-1-8-31(22-36)24-40-28-44-42(17-5-19-46(44)60-40)33-10-3-12-35(26-33)48(59)58(39-16-7-21-57-30-39)38-15-4-11-34(27-38)43-18-6-20-47-45(43)29-41(61-47)25-32-9-2-14-37(23-32)50(54,55)56/h1-23,26-30H,24-25H2. The van der Waals surface area contributed by atoms with Gasteiger partial charge in [0.25, 0.3) is 5.91 Å². The fourth-order valence-corrected chi connectivity index (χ4v) is 7.65. The number of carbonyl (C=O) groups is 1. The van der Waals surface area contributed by atoms with E-state index in [1.165, 1.54) is 12.1 Å². The van der Waals surface area contributed by atoms with Gasteiger partial charge in [0.2, 0.25) is 0 Å². The molecular weight excluding hydrogens is 791 g/mol. The first kappa shape index (κ1) is 39.1. The monoisotopic (exact) mass is 822 g/mol. The van der Waals surface area contributed by atoms with Crippen molar-refractivity contribution >= 4 is 39.2 Å². The van der Waals surface area contributed by atoms with Crippen molar-refractivity contribution in [1.29, 1.82) is 0 Å². The van der Waals surface area contributed by atoms with E-state index in [0.29, 0.717) is 50.8 Å². The zero-order chi connectivity index (χ0) is 42.3. The van der Waals surface area contributed by atoms with E-state index in [1.54, 1.807) is 71.9 Å². The summed E-state index contributed by atoms with van der Waals surface area (Å²) >= 11 is 0. The molecule has 0 unspecified atom stereocenters. The lowest BCUT2D eigenvalue weighted by Gasteiger charge is -2.24.